The zero-order valence-corrected chi connectivity index (χ0v) is 10.3. The van der Waals surface area contributed by atoms with Crippen LogP contribution in [0, 0.1) is 0 Å². The molecule has 0 aliphatic heterocycles. The van der Waals surface area contributed by atoms with E-state index in [-0.39, 0.29) is 6.42 Å². The molecule has 98 valence electrons. The third-order valence-electron chi connectivity index (χ3n) is 2.17. The van der Waals surface area contributed by atoms with Crippen LogP contribution in [0.4, 0.5) is 0 Å². The van der Waals surface area contributed by atoms with Gasteiger partial charge in [0, 0.05) is 0 Å². The monoisotopic (exact) mass is 253 g/mol. The van der Waals surface area contributed by atoms with Crippen molar-refractivity contribution in [1.29, 1.82) is 0 Å². The van der Waals surface area contributed by atoms with E-state index in [1.165, 1.54) is 14.2 Å². The van der Waals surface area contributed by atoms with Crippen LogP contribution in [0.2, 0.25) is 0 Å². The fraction of sp³-hybridized carbons (Fsp3) is 0.333. The van der Waals surface area contributed by atoms with Gasteiger partial charge in [-0.2, -0.15) is 0 Å². The van der Waals surface area contributed by atoms with Crippen molar-refractivity contribution >= 4 is 11.9 Å². The number of carbonyl (C=O) groups excluding carboxylic acids is 2. The van der Waals surface area contributed by atoms with Gasteiger partial charge in [-0.25, -0.2) is 0 Å². The summed E-state index contributed by atoms with van der Waals surface area (Å²) in [6, 6.07) is 5.08. The molecular formula is C12H15NO5. The minimum Gasteiger partial charge on any atom is -0.493 e. The lowest BCUT2D eigenvalue weighted by molar-refractivity contribution is -0.147. The average Bonchev–Trinajstić information content (AvgIpc) is 2.36. The van der Waals surface area contributed by atoms with Crippen LogP contribution in [0.5, 0.6) is 11.5 Å². The Hall–Kier alpha value is -2.24. The summed E-state index contributed by atoms with van der Waals surface area (Å²) < 4.78 is 14.8. The topological polar surface area (TPSA) is 87.9 Å². The molecule has 1 aromatic carbocycles. The van der Waals surface area contributed by atoms with Crippen LogP contribution in [-0.2, 0) is 20.7 Å². The molecule has 1 aromatic rings. The number of amides is 1. The van der Waals surface area contributed by atoms with Crippen LogP contribution < -0.4 is 15.2 Å². The minimum atomic E-state index is -0.685. The normalized spacial score (nSPS) is 9.67. The molecule has 0 spiro atoms. The SMILES string of the molecule is COc1ccc(CC(=O)OCC(N)=O)cc1OC. The largest absolute Gasteiger partial charge is 0.493 e. The molecule has 0 aromatic heterocycles. The van der Waals surface area contributed by atoms with Crippen molar-refractivity contribution in [1.82, 2.24) is 0 Å². The molecule has 6 heteroatoms. The third kappa shape index (κ3) is 3.97. The van der Waals surface area contributed by atoms with Gasteiger partial charge in [0.2, 0.25) is 0 Å². The fourth-order valence-electron chi connectivity index (χ4n) is 1.36. The van der Waals surface area contributed by atoms with Gasteiger partial charge in [0.15, 0.2) is 18.1 Å². The highest BCUT2D eigenvalue weighted by atomic mass is 16.5. The maximum absolute atomic E-state index is 11.4. The van der Waals surface area contributed by atoms with E-state index in [0.717, 1.165) is 0 Å². The van der Waals surface area contributed by atoms with Crippen LogP contribution in [0.25, 0.3) is 0 Å². The number of ether oxygens (including phenoxy) is 3. The van der Waals surface area contributed by atoms with Crippen molar-refractivity contribution in [2.45, 2.75) is 6.42 Å². The summed E-state index contributed by atoms with van der Waals surface area (Å²) in [6.07, 6.45) is 0.0354. The molecule has 2 N–H and O–H groups in total. The van der Waals surface area contributed by atoms with Crippen LogP contribution in [-0.4, -0.2) is 32.7 Å². The molecule has 0 aliphatic carbocycles. The number of hydrogen-bond donors (Lipinski definition) is 1. The molecule has 0 heterocycles. The van der Waals surface area contributed by atoms with Crippen molar-refractivity contribution in [3.8, 4) is 11.5 Å². The lowest BCUT2D eigenvalue weighted by Gasteiger charge is -2.09. The molecule has 0 unspecified atom stereocenters. The number of nitrogens with two attached hydrogens (primary N) is 1. The van der Waals surface area contributed by atoms with Crippen LogP contribution >= 0.6 is 0 Å². The minimum absolute atomic E-state index is 0.0354. The number of benzene rings is 1. The number of methoxy groups -OCH3 is 2. The Bertz CT molecular complexity index is 444. The van der Waals surface area contributed by atoms with Gasteiger partial charge in [-0.1, -0.05) is 6.07 Å². The van der Waals surface area contributed by atoms with E-state index >= 15 is 0 Å². The van der Waals surface area contributed by atoms with E-state index < -0.39 is 18.5 Å². The number of primary amides is 1. The molecule has 6 nitrogen and oxygen atoms in total. The Labute approximate surface area is 105 Å². The summed E-state index contributed by atoms with van der Waals surface area (Å²) in [4.78, 5) is 21.8. The van der Waals surface area contributed by atoms with Crippen LogP contribution in [0.1, 0.15) is 5.56 Å². The first kappa shape index (κ1) is 13.8. The Kier molecular flexibility index (Phi) is 4.98. The zero-order chi connectivity index (χ0) is 13.5. The van der Waals surface area contributed by atoms with Crippen molar-refractivity contribution in [3.63, 3.8) is 0 Å². The fourth-order valence-corrected chi connectivity index (χ4v) is 1.36. The Morgan fingerprint density at radius 3 is 2.39 bits per heavy atom. The smallest absolute Gasteiger partial charge is 0.310 e. The second-order valence-electron chi connectivity index (χ2n) is 3.49. The number of esters is 1. The lowest BCUT2D eigenvalue weighted by atomic mass is 10.1. The van der Waals surface area contributed by atoms with Crippen LogP contribution in [0.15, 0.2) is 18.2 Å². The lowest BCUT2D eigenvalue weighted by Crippen LogP contribution is -2.21. The van der Waals surface area contributed by atoms with Gasteiger partial charge in [-0.3, -0.25) is 9.59 Å². The third-order valence-corrected chi connectivity index (χ3v) is 2.17. The predicted molar refractivity (Wildman–Crippen MR) is 63.4 cm³/mol. The second-order valence-corrected chi connectivity index (χ2v) is 3.49. The molecule has 0 saturated carbocycles. The van der Waals surface area contributed by atoms with E-state index in [9.17, 15) is 9.59 Å². The molecule has 0 atom stereocenters. The summed E-state index contributed by atoms with van der Waals surface area (Å²) in [5, 5.41) is 0. The summed E-state index contributed by atoms with van der Waals surface area (Å²) in [5.74, 6) is -0.110. The van der Waals surface area contributed by atoms with E-state index in [1.807, 2.05) is 0 Å². The second kappa shape index (κ2) is 6.48. The van der Waals surface area contributed by atoms with Crippen molar-refractivity contribution in [2.75, 3.05) is 20.8 Å². The molecule has 1 amide bonds. The Morgan fingerprint density at radius 1 is 1.17 bits per heavy atom. The molecule has 18 heavy (non-hydrogen) atoms. The maximum atomic E-state index is 11.4. The first-order valence-electron chi connectivity index (χ1n) is 5.21. The van der Waals surface area contributed by atoms with Gasteiger partial charge in [0.1, 0.15) is 0 Å². The van der Waals surface area contributed by atoms with Gasteiger partial charge >= 0.3 is 5.97 Å². The number of carbonyl (C=O) groups is 2. The highest BCUT2D eigenvalue weighted by Crippen LogP contribution is 2.27. The maximum Gasteiger partial charge on any atom is 0.310 e. The standard InChI is InChI=1S/C12H15NO5/c1-16-9-4-3-8(5-10(9)17-2)6-12(15)18-7-11(13)14/h3-5H,6-7H2,1-2H3,(H2,13,14). The first-order chi connectivity index (χ1) is 8.56. The van der Waals surface area contributed by atoms with Crippen molar-refractivity contribution in [3.05, 3.63) is 23.8 Å². The molecule has 0 fully saturated rings. The summed E-state index contributed by atoms with van der Waals surface area (Å²) in [5.41, 5.74) is 5.56. The average molecular weight is 253 g/mol. The number of rotatable bonds is 6. The van der Waals surface area contributed by atoms with E-state index in [2.05, 4.69) is 4.74 Å². The first-order valence-corrected chi connectivity index (χ1v) is 5.21. The van der Waals surface area contributed by atoms with E-state index in [0.29, 0.717) is 17.1 Å². The molecule has 1 rings (SSSR count). The van der Waals surface area contributed by atoms with Gasteiger partial charge in [-0.05, 0) is 17.7 Å². The van der Waals surface area contributed by atoms with Gasteiger partial charge in [0.25, 0.3) is 5.91 Å². The predicted octanol–water partition coefficient (Wildman–Crippen LogP) is 0.275. The molecular weight excluding hydrogens is 238 g/mol. The highest BCUT2D eigenvalue weighted by Gasteiger charge is 2.10. The quantitative estimate of drug-likeness (QED) is 0.735. The van der Waals surface area contributed by atoms with E-state index in [4.69, 9.17) is 15.2 Å². The molecule has 0 bridgehead atoms. The van der Waals surface area contributed by atoms with Gasteiger partial charge < -0.3 is 19.9 Å². The van der Waals surface area contributed by atoms with Crippen molar-refractivity contribution < 1.29 is 23.8 Å². The highest BCUT2D eigenvalue weighted by molar-refractivity contribution is 5.80. The summed E-state index contributed by atoms with van der Waals surface area (Å²) in [7, 11) is 3.03. The Balaban J connectivity index is 2.67. The Morgan fingerprint density at radius 2 is 1.83 bits per heavy atom. The molecule has 0 saturated heterocycles. The zero-order valence-electron chi connectivity index (χ0n) is 10.3. The molecule has 0 aliphatic rings. The van der Waals surface area contributed by atoms with Crippen LogP contribution in [0.3, 0.4) is 0 Å². The molecule has 0 radical (unpaired) electrons. The van der Waals surface area contributed by atoms with Gasteiger partial charge in [-0.15, -0.1) is 0 Å². The van der Waals surface area contributed by atoms with Crippen molar-refractivity contribution in [2.24, 2.45) is 5.73 Å². The number of hydrogen-bond acceptors (Lipinski definition) is 5. The summed E-state index contributed by atoms with van der Waals surface area (Å²) >= 11 is 0. The van der Waals surface area contributed by atoms with E-state index in [1.54, 1.807) is 18.2 Å². The van der Waals surface area contributed by atoms with Gasteiger partial charge in [0.05, 0.1) is 20.6 Å². The summed E-state index contributed by atoms with van der Waals surface area (Å²) in [6.45, 7) is -0.411.